The fraction of sp³-hybridized carbons (Fsp3) is 0.385. The molecular weight excluding hydrogens is 218 g/mol. The Balaban J connectivity index is 2.18. The molecule has 1 fully saturated rings. The van der Waals surface area contributed by atoms with Crippen LogP contribution in [0, 0.1) is 0 Å². The van der Waals surface area contributed by atoms with Gasteiger partial charge in [0.25, 0.3) is 5.91 Å². The van der Waals surface area contributed by atoms with Crippen molar-refractivity contribution in [1.82, 2.24) is 4.90 Å². The number of carbonyl (C=O) groups excluding carboxylic acids is 2. The Morgan fingerprint density at radius 2 is 2.06 bits per heavy atom. The number of hydrogen-bond acceptors (Lipinski definition) is 3. The number of benzene rings is 1. The highest BCUT2D eigenvalue weighted by atomic mass is 16.3. The maximum atomic E-state index is 12.0. The molecule has 17 heavy (non-hydrogen) atoms. The molecule has 4 nitrogen and oxygen atoms in total. The molecule has 90 valence electrons. The minimum atomic E-state index is -1.25. The van der Waals surface area contributed by atoms with Crippen LogP contribution in [-0.4, -0.2) is 27.9 Å². The zero-order valence-electron chi connectivity index (χ0n) is 9.67. The molecule has 0 aromatic heterocycles. The zero-order chi connectivity index (χ0) is 12.4. The summed E-state index contributed by atoms with van der Waals surface area (Å²) in [5.74, 6) is -0.719. The van der Waals surface area contributed by atoms with Gasteiger partial charge in [0.05, 0.1) is 0 Å². The summed E-state index contributed by atoms with van der Waals surface area (Å²) in [4.78, 5) is 24.8. The topological polar surface area (TPSA) is 57.6 Å². The molecule has 0 radical (unpaired) electrons. The minimum Gasteiger partial charge on any atom is -0.378 e. The molecule has 1 aromatic carbocycles. The van der Waals surface area contributed by atoms with Crippen LogP contribution in [-0.2, 0) is 9.59 Å². The monoisotopic (exact) mass is 233 g/mol. The van der Waals surface area contributed by atoms with Gasteiger partial charge in [-0.25, -0.2) is 0 Å². The maximum Gasteiger partial charge on any atom is 0.262 e. The third kappa shape index (κ3) is 2.22. The van der Waals surface area contributed by atoms with Gasteiger partial charge in [-0.2, -0.15) is 0 Å². The first-order chi connectivity index (χ1) is 8.11. The highest BCUT2D eigenvalue weighted by Crippen LogP contribution is 2.23. The van der Waals surface area contributed by atoms with Gasteiger partial charge in [0, 0.05) is 12.5 Å². The van der Waals surface area contributed by atoms with Crippen LogP contribution in [0.3, 0.4) is 0 Å². The van der Waals surface area contributed by atoms with E-state index >= 15 is 0 Å². The van der Waals surface area contributed by atoms with Gasteiger partial charge < -0.3 is 5.11 Å². The molecule has 1 heterocycles. The van der Waals surface area contributed by atoms with Crippen LogP contribution in [0.2, 0.25) is 0 Å². The third-order valence-electron chi connectivity index (χ3n) is 3.07. The quantitative estimate of drug-likeness (QED) is 0.836. The Bertz CT molecular complexity index is 430. The van der Waals surface area contributed by atoms with Crippen LogP contribution in [0.4, 0.5) is 0 Å². The average molecular weight is 233 g/mol. The van der Waals surface area contributed by atoms with E-state index in [1.807, 2.05) is 13.0 Å². The SMILES string of the molecule is C[C@@H]1CCC(=O)N1C(=O)[C@@H](O)c1ccccc1. The van der Waals surface area contributed by atoms with E-state index in [0.29, 0.717) is 18.4 Å². The molecule has 0 spiro atoms. The van der Waals surface area contributed by atoms with Crippen LogP contribution in [0.5, 0.6) is 0 Å². The smallest absolute Gasteiger partial charge is 0.262 e. The first-order valence-electron chi connectivity index (χ1n) is 5.70. The van der Waals surface area contributed by atoms with Gasteiger partial charge in [-0.3, -0.25) is 14.5 Å². The molecule has 4 heteroatoms. The number of aliphatic hydroxyl groups is 1. The van der Waals surface area contributed by atoms with Crippen molar-refractivity contribution in [2.24, 2.45) is 0 Å². The highest BCUT2D eigenvalue weighted by molar-refractivity contribution is 5.99. The lowest BCUT2D eigenvalue weighted by Crippen LogP contribution is -2.40. The minimum absolute atomic E-state index is 0.117. The average Bonchev–Trinajstić information content (AvgIpc) is 2.68. The summed E-state index contributed by atoms with van der Waals surface area (Å²) < 4.78 is 0. The largest absolute Gasteiger partial charge is 0.378 e. The van der Waals surface area contributed by atoms with Crippen LogP contribution >= 0.6 is 0 Å². The summed E-state index contributed by atoms with van der Waals surface area (Å²) in [5, 5.41) is 9.94. The number of imide groups is 1. The predicted octanol–water partition coefficient (Wildman–Crippen LogP) is 1.26. The summed E-state index contributed by atoms with van der Waals surface area (Å²) in [7, 11) is 0. The molecule has 1 aromatic rings. The van der Waals surface area contributed by atoms with Gasteiger partial charge in [0.1, 0.15) is 0 Å². The predicted molar refractivity (Wildman–Crippen MR) is 62.0 cm³/mol. The van der Waals surface area contributed by atoms with E-state index in [0.717, 1.165) is 0 Å². The van der Waals surface area contributed by atoms with E-state index in [2.05, 4.69) is 0 Å². The van der Waals surface area contributed by atoms with Crippen molar-refractivity contribution in [1.29, 1.82) is 0 Å². The van der Waals surface area contributed by atoms with Crippen molar-refractivity contribution < 1.29 is 14.7 Å². The molecule has 1 saturated heterocycles. The van der Waals surface area contributed by atoms with Crippen molar-refractivity contribution in [3.8, 4) is 0 Å². The van der Waals surface area contributed by atoms with Gasteiger partial charge >= 0.3 is 0 Å². The Kier molecular flexibility index (Phi) is 3.24. The van der Waals surface area contributed by atoms with Gasteiger partial charge in [0.15, 0.2) is 6.10 Å². The Morgan fingerprint density at radius 3 is 2.59 bits per heavy atom. The highest BCUT2D eigenvalue weighted by Gasteiger charge is 2.36. The van der Waals surface area contributed by atoms with Crippen LogP contribution < -0.4 is 0 Å². The summed E-state index contributed by atoms with van der Waals surface area (Å²) in [6.45, 7) is 1.82. The molecule has 0 saturated carbocycles. The van der Waals surface area contributed by atoms with Crippen molar-refractivity contribution in [3.63, 3.8) is 0 Å². The second-order valence-electron chi connectivity index (χ2n) is 4.30. The first-order valence-corrected chi connectivity index (χ1v) is 5.70. The summed E-state index contributed by atoms with van der Waals surface area (Å²) in [5.41, 5.74) is 0.518. The van der Waals surface area contributed by atoms with Crippen LogP contribution in [0.1, 0.15) is 31.4 Å². The van der Waals surface area contributed by atoms with Gasteiger partial charge in [0.2, 0.25) is 5.91 Å². The summed E-state index contributed by atoms with van der Waals surface area (Å²) in [6, 6.07) is 8.54. The summed E-state index contributed by atoms with van der Waals surface area (Å²) in [6.07, 6.45) is -0.193. The second kappa shape index (κ2) is 4.67. The number of hydrogen-bond donors (Lipinski definition) is 1. The number of rotatable bonds is 2. The number of nitrogens with zero attached hydrogens (tertiary/aromatic N) is 1. The standard InChI is InChI=1S/C13H15NO3/c1-9-7-8-11(15)14(9)13(17)12(16)10-5-3-2-4-6-10/h2-6,9,12,16H,7-8H2,1H3/t9-,12+/m1/s1. The van der Waals surface area contributed by atoms with E-state index in [-0.39, 0.29) is 11.9 Å². The van der Waals surface area contributed by atoms with E-state index in [1.54, 1.807) is 24.3 Å². The van der Waals surface area contributed by atoms with Crippen LogP contribution in [0.25, 0.3) is 0 Å². The van der Waals surface area contributed by atoms with E-state index in [4.69, 9.17) is 0 Å². The maximum absolute atomic E-state index is 12.0. The number of likely N-dealkylation sites (tertiary alicyclic amines) is 1. The molecule has 0 unspecified atom stereocenters. The molecule has 1 aliphatic rings. The summed E-state index contributed by atoms with van der Waals surface area (Å²) >= 11 is 0. The molecule has 0 aliphatic carbocycles. The molecule has 1 N–H and O–H groups in total. The molecule has 2 rings (SSSR count). The fourth-order valence-corrected chi connectivity index (χ4v) is 2.08. The van der Waals surface area contributed by atoms with Crippen molar-refractivity contribution in [2.75, 3.05) is 0 Å². The number of aliphatic hydroxyl groups excluding tert-OH is 1. The molecule has 0 bridgehead atoms. The lowest BCUT2D eigenvalue weighted by atomic mass is 10.1. The van der Waals surface area contributed by atoms with E-state index in [1.165, 1.54) is 4.90 Å². The van der Waals surface area contributed by atoms with Crippen molar-refractivity contribution in [3.05, 3.63) is 35.9 Å². The molecule has 2 atom stereocenters. The third-order valence-corrected chi connectivity index (χ3v) is 3.07. The number of amides is 2. The first kappa shape index (κ1) is 11.8. The Hall–Kier alpha value is -1.68. The zero-order valence-corrected chi connectivity index (χ0v) is 9.67. The van der Waals surface area contributed by atoms with E-state index < -0.39 is 12.0 Å². The second-order valence-corrected chi connectivity index (χ2v) is 4.30. The van der Waals surface area contributed by atoms with Crippen molar-refractivity contribution in [2.45, 2.75) is 31.9 Å². The molecular formula is C13H15NO3. The van der Waals surface area contributed by atoms with E-state index in [9.17, 15) is 14.7 Å². The number of carbonyl (C=O) groups is 2. The van der Waals surface area contributed by atoms with Crippen LogP contribution in [0.15, 0.2) is 30.3 Å². The molecule has 1 aliphatic heterocycles. The van der Waals surface area contributed by atoms with Gasteiger partial charge in [-0.1, -0.05) is 30.3 Å². The lowest BCUT2D eigenvalue weighted by molar-refractivity contribution is -0.149. The molecule has 2 amide bonds. The van der Waals surface area contributed by atoms with Gasteiger partial charge in [-0.15, -0.1) is 0 Å². The normalized spacial score (nSPS) is 21.6. The Morgan fingerprint density at radius 1 is 1.41 bits per heavy atom. The van der Waals surface area contributed by atoms with Gasteiger partial charge in [-0.05, 0) is 18.9 Å². The lowest BCUT2D eigenvalue weighted by Gasteiger charge is -2.22. The van der Waals surface area contributed by atoms with Crippen molar-refractivity contribution >= 4 is 11.8 Å². The fourth-order valence-electron chi connectivity index (χ4n) is 2.08. The Labute approximate surface area is 99.9 Å².